The number of Topliss-reactive ketones (excluding diaryl/α,β-unsaturated/α-hetero) is 1. The largest absolute Gasteiger partial charge is 0.294 e. The van der Waals surface area contributed by atoms with Gasteiger partial charge in [-0.05, 0) is 34.3 Å². The van der Waals surface area contributed by atoms with Crippen LogP contribution in [0, 0.1) is 12.8 Å². The molecule has 0 aliphatic heterocycles. The number of rotatable bonds is 3. The SMILES string of the molecule is Cc1cccc(C(=O)CC2CCCCC2)c1Br. The van der Waals surface area contributed by atoms with Gasteiger partial charge in [-0.25, -0.2) is 0 Å². The normalized spacial score (nSPS) is 17.1. The van der Waals surface area contributed by atoms with E-state index in [2.05, 4.69) is 15.9 Å². The Labute approximate surface area is 112 Å². The molecule has 0 N–H and O–H groups in total. The minimum Gasteiger partial charge on any atom is -0.294 e. The van der Waals surface area contributed by atoms with Crippen molar-refractivity contribution in [1.29, 1.82) is 0 Å². The van der Waals surface area contributed by atoms with Gasteiger partial charge in [0.15, 0.2) is 5.78 Å². The molecule has 17 heavy (non-hydrogen) atoms. The van der Waals surface area contributed by atoms with Crippen molar-refractivity contribution in [1.82, 2.24) is 0 Å². The zero-order valence-electron chi connectivity index (χ0n) is 10.3. The maximum absolute atomic E-state index is 12.3. The average Bonchev–Trinajstić information content (AvgIpc) is 2.34. The molecule has 1 aliphatic carbocycles. The van der Waals surface area contributed by atoms with Crippen molar-refractivity contribution in [2.45, 2.75) is 45.4 Å². The van der Waals surface area contributed by atoms with E-state index in [1.54, 1.807) is 0 Å². The van der Waals surface area contributed by atoms with Crippen LogP contribution in [0.4, 0.5) is 0 Å². The average molecular weight is 295 g/mol. The second-order valence-corrected chi connectivity index (χ2v) is 5.86. The fourth-order valence-electron chi connectivity index (χ4n) is 2.63. The van der Waals surface area contributed by atoms with Crippen molar-refractivity contribution in [2.75, 3.05) is 0 Å². The maximum atomic E-state index is 12.3. The van der Waals surface area contributed by atoms with Crippen LogP contribution in [0.15, 0.2) is 22.7 Å². The zero-order chi connectivity index (χ0) is 12.3. The summed E-state index contributed by atoms with van der Waals surface area (Å²) in [5.74, 6) is 0.913. The van der Waals surface area contributed by atoms with Gasteiger partial charge >= 0.3 is 0 Å². The Morgan fingerprint density at radius 2 is 2.00 bits per heavy atom. The van der Waals surface area contributed by atoms with E-state index in [4.69, 9.17) is 0 Å². The van der Waals surface area contributed by atoms with Gasteiger partial charge in [0.1, 0.15) is 0 Å². The summed E-state index contributed by atoms with van der Waals surface area (Å²) in [5.41, 5.74) is 2.00. The quantitative estimate of drug-likeness (QED) is 0.724. The highest BCUT2D eigenvalue weighted by molar-refractivity contribution is 9.10. The molecule has 0 saturated heterocycles. The number of hydrogen-bond acceptors (Lipinski definition) is 1. The molecule has 1 fully saturated rings. The Morgan fingerprint density at radius 3 is 2.71 bits per heavy atom. The molecular weight excluding hydrogens is 276 g/mol. The lowest BCUT2D eigenvalue weighted by Crippen LogP contribution is -2.12. The van der Waals surface area contributed by atoms with Crippen molar-refractivity contribution in [3.63, 3.8) is 0 Å². The standard InChI is InChI=1S/C15H19BrO/c1-11-6-5-9-13(15(11)16)14(17)10-12-7-3-2-4-8-12/h5-6,9,12H,2-4,7-8,10H2,1H3. The summed E-state index contributed by atoms with van der Waals surface area (Å²) in [4.78, 5) is 12.3. The number of carbonyl (C=O) groups excluding carboxylic acids is 1. The van der Waals surface area contributed by atoms with Gasteiger partial charge in [-0.1, -0.05) is 50.3 Å². The first kappa shape index (κ1) is 12.8. The highest BCUT2D eigenvalue weighted by atomic mass is 79.9. The van der Waals surface area contributed by atoms with Crippen molar-refractivity contribution in [2.24, 2.45) is 5.92 Å². The van der Waals surface area contributed by atoms with Gasteiger partial charge in [0.2, 0.25) is 0 Å². The summed E-state index contributed by atoms with van der Waals surface area (Å²) in [6, 6.07) is 5.93. The number of carbonyl (C=O) groups is 1. The summed E-state index contributed by atoms with van der Waals surface area (Å²) in [7, 11) is 0. The molecule has 0 spiro atoms. The summed E-state index contributed by atoms with van der Waals surface area (Å²) >= 11 is 3.52. The smallest absolute Gasteiger partial charge is 0.164 e. The fraction of sp³-hybridized carbons (Fsp3) is 0.533. The number of halogens is 1. The third-order valence-electron chi connectivity index (χ3n) is 3.69. The van der Waals surface area contributed by atoms with Gasteiger partial charge in [-0.3, -0.25) is 4.79 Å². The summed E-state index contributed by atoms with van der Waals surface area (Å²) in [6.45, 7) is 2.03. The molecule has 0 aromatic heterocycles. The summed E-state index contributed by atoms with van der Waals surface area (Å²) in [6.07, 6.45) is 7.13. The first-order chi connectivity index (χ1) is 8.18. The molecule has 2 rings (SSSR count). The maximum Gasteiger partial charge on any atom is 0.164 e. The predicted octanol–water partition coefficient (Wildman–Crippen LogP) is 4.91. The Kier molecular flexibility index (Phi) is 4.38. The Balaban J connectivity index is 2.06. The second-order valence-electron chi connectivity index (χ2n) is 5.07. The lowest BCUT2D eigenvalue weighted by molar-refractivity contribution is 0.0949. The minimum absolute atomic E-state index is 0.299. The molecule has 92 valence electrons. The lowest BCUT2D eigenvalue weighted by Gasteiger charge is -2.21. The van der Waals surface area contributed by atoms with E-state index < -0.39 is 0 Å². The van der Waals surface area contributed by atoms with Crippen LogP contribution in [0.2, 0.25) is 0 Å². The predicted molar refractivity (Wildman–Crippen MR) is 74.4 cm³/mol. The Hall–Kier alpha value is -0.630. The second kappa shape index (κ2) is 5.81. The Bertz CT molecular complexity index is 405. The van der Waals surface area contributed by atoms with Crippen molar-refractivity contribution in [3.8, 4) is 0 Å². The van der Waals surface area contributed by atoms with Gasteiger partial charge in [0.05, 0.1) is 0 Å². The molecule has 1 aromatic carbocycles. The van der Waals surface area contributed by atoms with Crippen LogP contribution in [0.25, 0.3) is 0 Å². The number of benzene rings is 1. The number of hydrogen-bond donors (Lipinski definition) is 0. The van der Waals surface area contributed by atoms with E-state index in [-0.39, 0.29) is 0 Å². The van der Waals surface area contributed by atoms with Crippen LogP contribution < -0.4 is 0 Å². The van der Waals surface area contributed by atoms with Crippen molar-refractivity contribution < 1.29 is 4.79 Å². The third kappa shape index (κ3) is 3.19. The first-order valence-corrected chi connectivity index (χ1v) is 7.26. The van der Waals surface area contributed by atoms with Crippen LogP contribution >= 0.6 is 15.9 Å². The Morgan fingerprint density at radius 1 is 1.29 bits per heavy atom. The van der Waals surface area contributed by atoms with Gasteiger partial charge < -0.3 is 0 Å². The molecule has 1 saturated carbocycles. The molecule has 1 aromatic rings. The summed E-state index contributed by atoms with van der Waals surface area (Å²) < 4.78 is 0.973. The third-order valence-corrected chi connectivity index (χ3v) is 4.74. The van der Waals surface area contributed by atoms with E-state index in [0.29, 0.717) is 11.7 Å². The van der Waals surface area contributed by atoms with Crippen molar-refractivity contribution >= 4 is 21.7 Å². The number of aryl methyl sites for hydroxylation is 1. The minimum atomic E-state index is 0.299. The van der Waals surface area contributed by atoms with Gasteiger partial charge in [-0.2, -0.15) is 0 Å². The van der Waals surface area contributed by atoms with Crippen LogP contribution in [0.3, 0.4) is 0 Å². The molecule has 2 heteroatoms. The fourth-order valence-corrected chi connectivity index (χ4v) is 3.11. The molecule has 0 heterocycles. The van der Waals surface area contributed by atoms with Crippen LogP contribution in [0.1, 0.15) is 54.4 Å². The lowest BCUT2D eigenvalue weighted by atomic mass is 9.84. The molecular formula is C15H19BrO. The van der Waals surface area contributed by atoms with Crippen LogP contribution in [0.5, 0.6) is 0 Å². The molecule has 0 amide bonds. The molecule has 1 nitrogen and oxygen atoms in total. The van der Waals surface area contributed by atoms with E-state index in [9.17, 15) is 4.79 Å². The monoisotopic (exact) mass is 294 g/mol. The first-order valence-electron chi connectivity index (χ1n) is 6.47. The number of ketones is 1. The highest BCUT2D eigenvalue weighted by Crippen LogP contribution is 2.29. The van der Waals surface area contributed by atoms with Crippen molar-refractivity contribution in [3.05, 3.63) is 33.8 Å². The molecule has 1 aliphatic rings. The zero-order valence-corrected chi connectivity index (χ0v) is 11.9. The van der Waals surface area contributed by atoms with Gasteiger partial charge in [-0.15, -0.1) is 0 Å². The summed E-state index contributed by atoms with van der Waals surface area (Å²) in [5, 5.41) is 0. The topological polar surface area (TPSA) is 17.1 Å². The van der Waals surface area contributed by atoms with E-state index in [1.165, 1.54) is 32.1 Å². The van der Waals surface area contributed by atoms with Gasteiger partial charge in [0.25, 0.3) is 0 Å². The highest BCUT2D eigenvalue weighted by Gasteiger charge is 2.19. The molecule has 0 radical (unpaired) electrons. The molecule has 0 atom stereocenters. The molecule has 0 unspecified atom stereocenters. The van der Waals surface area contributed by atoms with Crippen LogP contribution in [-0.2, 0) is 0 Å². The van der Waals surface area contributed by atoms with Gasteiger partial charge in [0, 0.05) is 16.5 Å². The van der Waals surface area contributed by atoms with E-state index in [0.717, 1.165) is 22.0 Å². The van der Waals surface area contributed by atoms with E-state index >= 15 is 0 Å². The van der Waals surface area contributed by atoms with E-state index in [1.807, 2.05) is 25.1 Å². The molecule has 0 bridgehead atoms. The van der Waals surface area contributed by atoms with Crippen LogP contribution in [-0.4, -0.2) is 5.78 Å².